The van der Waals surface area contributed by atoms with E-state index in [-0.39, 0.29) is 17.6 Å². The van der Waals surface area contributed by atoms with Crippen molar-refractivity contribution < 1.29 is 9.18 Å². The van der Waals surface area contributed by atoms with E-state index in [1.165, 1.54) is 12.1 Å². The second kappa shape index (κ2) is 3.69. The third-order valence-electron chi connectivity index (χ3n) is 2.95. The third kappa shape index (κ3) is 1.69. The van der Waals surface area contributed by atoms with Gasteiger partial charge in [0.15, 0.2) is 0 Å². The Morgan fingerprint density at radius 1 is 1.41 bits per heavy atom. The maximum absolute atomic E-state index is 13.2. The smallest absolute Gasteiger partial charge is 0.226 e. The maximum Gasteiger partial charge on any atom is 0.226 e. The summed E-state index contributed by atoms with van der Waals surface area (Å²) < 4.78 is 13.2. The molecule has 0 bridgehead atoms. The van der Waals surface area contributed by atoms with Crippen molar-refractivity contribution in [3.63, 3.8) is 0 Å². The fourth-order valence-corrected chi connectivity index (χ4v) is 2.17. The summed E-state index contributed by atoms with van der Waals surface area (Å²) >= 11 is 0. The second-order valence-corrected chi connectivity index (χ2v) is 4.06. The number of hydrogen-bond donors (Lipinski definition) is 2. The standard InChI is InChI=1S/C12H10FN3O/c13-8-3-1-2-7(4-8)9-5-11(17)15-12-10(9)6-14-16-12/h1-4,6,9H,5H2,(H2,14,15,16,17). The number of rotatable bonds is 1. The van der Waals surface area contributed by atoms with Gasteiger partial charge in [0.05, 0.1) is 6.20 Å². The number of nitrogens with zero attached hydrogens (tertiary/aromatic N) is 1. The highest BCUT2D eigenvalue weighted by molar-refractivity contribution is 5.94. The van der Waals surface area contributed by atoms with Gasteiger partial charge in [0, 0.05) is 17.9 Å². The Morgan fingerprint density at radius 2 is 2.29 bits per heavy atom. The molecule has 1 aromatic heterocycles. The van der Waals surface area contributed by atoms with Gasteiger partial charge in [-0.25, -0.2) is 4.39 Å². The molecular weight excluding hydrogens is 221 g/mol. The lowest BCUT2D eigenvalue weighted by molar-refractivity contribution is -0.116. The molecule has 2 N–H and O–H groups in total. The van der Waals surface area contributed by atoms with Crippen LogP contribution in [0.4, 0.5) is 10.2 Å². The molecule has 0 radical (unpaired) electrons. The molecule has 0 saturated heterocycles. The van der Waals surface area contributed by atoms with E-state index in [0.29, 0.717) is 12.2 Å². The number of amides is 1. The number of H-pyrrole nitrogens is 1. The van der Waals surface area contributed by atoms with Crippen LogP contribution in [0.2, 0.25) is 0 Å². The van der Waals surface area contributed by atoms with Gasteiger partial charge in [-0.3, -0.25) is 9.89 Å². The highest BCUT2D eigenvalue weighted by atomic mass is 19.1. The predicted molar refractivity (Wildman–Crippen MR) is 60.1 cm³/mol. The Bertz CT molecular complexity index is 579. The van der Waals surface area contributed by atoms with E-state index >= 15 is 0 Å². The molecule has 2 aromatic rings. The topological polar surface area (TPSA) is 57.8 Å². The van der Waals surface area contributed by atoms with Gasteiger partial charge in [-0.15, -0.1) is 0 Å². The molecule has 4 nitrogen and oxygen atoms in total. The normalized spacial score (nSPS) is 18.6. The molecule has 1 aromatic carbocycles. The number of benzene rings is 1. The molecule has 1 amide bonds. The number of aromatic nitrogens is 2. The third-order valence-corrected chi connectivity index (χ3v) is 2.95. The van der Waals surface area contributed by atoms with Crippen LogP contribution in [0.15, 0.2) is 30.5 Å². The minimum Gasteiger partial charge on any atom is -0.311 e. The average Bonchev–Trinajstić information content (AvgIpc) is 2.75. The first kappa shape index (κ1) is 10.0. The second-order valence-electron chi connectivity index (χ2n) is 4.06. The van der Waals surface area contributed by atoms with Crippen LogP contribution < -0.4 is 5.32 Å². The number of anilines is 1. The van der Waals surface area contributed by atoms with Gasteiger partial charge in [0.2, 0.25) is 5.91 Å². The van der Waals surface area contributed by atoms with Crippen LogP contribution in [-0.4, -0.2) is 16.1 Å². The van der Waals surface area contributed by atoms with Crippen molar-refractivity contribution in [3.8, 4) is 0 Å². The number of hydrogen-bond acceptors (Lipinski definition) is 2. The van der Waals surface area contributed by atoms with E-state index in [9.17, 15) is 9.18 Å². The lowest BCUT2D eigenvalue weighted by Crippen LogP contribution is -2.22. The van der Waals surface area contributed by atoms with Gasteiger partial charge in [-0.1, -0.05) is 12.1 Å². The van der Waals surface area contributed by atoms with Crippen LogP contribution in [0.1, 0.15) is 23.5 Å². The molecule has 1 atom stereocenters. The molecule has 86 valence electrons. The van der Waals surface area contributed by atoms with Crippen LogP contribution in [0.25, 0.3) is 0 Å². The zero-order chi connectivity index (χ0) is 11.8. The van der Waals surface area contributed by atoms with Crippen LogP contribution in [-0.2, 0) is 4.79 Å². The predicted octanol–water partition coefficient (Wildman–Crippen LogP) is 2.02. The number of halogens is 1. The molecule has 1 aliphatic heterocycles. The molecule has 0 aliphatic carbocycles. The molecule has 2 heterocycles. The Morgan fingerprint density at radius 3 is 3.12 bits per heavy atom. The van der Waals surface area contributed by atoms with Gasteiger partial charge in [0.25, 0.3) is 0 Å². The fraction of sp³-hybridized carbons (Fsp3) is 0.167. The molecule has 1 aliphatic rings. The lowest BCUT2D eigenvalue weighted by atomic mass is 9.87. The van der Waals surface area contributed by atoms with Gasteiger partial charge in [-0.05, 0) is 17.7 Å². The molecule has 3 rings (SSSR count). The van der Waals surface area contributed by atoms with E-state index in [4.69, 9.17) is 0 Å². The van der Waals surface area contributed by atoms with Crippen molar-refractivity contribution in [2.45, 2.75) is 12.3 Å². The van der Waals surface area contributed by atoms with Crippen molar-refractivity contribution >= 4 is 11.7 Å². The quantitative estimate of drug-likeness (QED) is 0.788. The first-order valence-corrected chi connectivity index (χ1v) is 5.32. The first-order chi connectivity index (χ1) is 8.24. The minimum atomic E-state index is -0.293. The highest BCUT2D eigenvalue weighted by Crippen LogP contribution is 2.35. The minimum absolute atomic E-state index is 0.0870. The zero-order valence-electron chi connectivity index (χ0n) is 8.90. The summed E-state index contributed by atoms with van der Waals surface area (Å²) in [5, 5.41) is 9.33. The van der Waals surface area contributed by atoms with Crippen molar-refractivity contribution in [2.75, 3.05) is 5.32 Å². The largest absolute Gasteiger partial charge is 0.311 e. The van der Waals surface area contributed by atoms with Crippen molar-refractivity contribution in [2.24, 2.45) is 0 Å². The fourth-order valence-electron chi connectivity index (χ4n) is 2.17. The van der Waals surface area contributed by atoms with E-state index in [1.807, 2.05) is 6.07 Å². The summed E-state index contributed by atoms with van der Waals surface area (Å²) in [4.78, 5) is 11.5. The molecule has 0 fully saturated rings. The zero-order valence-corrected chi connectivity index (χ0v) is 8.90. The van der Waals surface area contributed by atoms with Crippen LogP contribution in [0.3, 0.4) is 0 Å². The van der Waals surface area contributed by atoms with Gasteiger partial charge in [0.1, 0.15) is 11.6 Å². The van der Waals surface area contributed by atoms with Crippen molar-refractivity contribution in [3.05, 3.63) is 47.4 Å². The summed E-state index contributed by atoms with van der Waals surface area (Å²) in [5.74, 6) is 0.0956. The summed E-state index contributed by atoms with van der Waals surface area (Å²) in [7, 11) is 0. The van der Waals surface area contributed by atoms with Crippen LogP contribution in [0, 0.1) is 5.82 Å². The Labute approximate surface area is 96.9 Å². The monoisotopic (exact) mass is 231 g/mol. The molecular formula is C12H10FN3O. The molecule has 5 heteroatoms. The molecule has 0 saturated carbocycles. The van der Waals surface area contributed by atoms with E-state index in [0.717, 1.165) is 11.1 Å². The molecule has 1 unspecified atom stereocenters. The maximum atomic E-state index is 13.2. The number of aromatic amines is 1. The first-order valence-electron chi connectivity index (χ1n) is 5.32. The van der Waals surface area contributed by atoms with E-state index < -0.39 is 0 Å². The van der Waals surface area contributed by atoms with E-state index in [1.54, 1.807) is 12.3 Å². The summed E-state index contributed by atoms with van der Waals surface area (Å²) in [6, 6.07) is 6.32. The summed E-state index contributed by atoms with van der Waals surface area (Å²) in [5.41, 5.74) is 1.69. The summed E-state index contributed by atoms with van der Waals surface area (Å²) in [6.07, 6.45) is 1.99. The van der Waals surface area contributed by atoms with E-state index in [2.05, 4.69) is 15.5 Å². The Hall–Kier alpha value is -2.17. The van der Waals surface area contributed by atoms with Gasteiger partial charge in [-0.2, -0.15) is 5.10 Å². The van der Waals surface area contributed by atoms with Crippen molar-refractivity contribution in [1.29, 1.82) is 0 Å². The van der Waals surface area contributed by atoms with Crippen molar-refractivity contribution in [1.82, 2.24) is 10.2 Å². The van der Waals surface area contributed by atoms with Crippen LogP contribution in [0.5, 0.6) is 0 Å². The lowest BCUT2D eigenvalue weighted by Gasteiger charge is -2.22. The number of carbonyl (C=O) groups is 1. The van der Waals surface area contributed by atoms with Gasteiger partial charge >= 0.3 is 0 Å². The molecule has 17 heavy (non-hydrogen) atoms. The van der Waals surface area contributed by atoms with Gasteiger partial charge < -0.3 is 5.32 Å². The van der Waals surface area contributed by atoms with Crippen LogP contribution >= 0.6 is 0 Å². The average molecular weight is 231 g/mol. The number of carbonyl (C=O) groups excluding carboxylic acids is 1. The summed E-state index contributed by atoms with van der Waals surface area (Å²) in [6.45, 7) is 0. The highest BCUT2D eigenvalue weighted by Gasteiger charge is 2.28. The Balaban J connectivity index is 2.08. The number of nitrogens with one attached hydrogen (secondary N) is 2. The SMILES string of the molecule is O=C1CC(c2cccc(F)c2)c2cn[nH]c2N1. The molecule has 0 spiro atoms. The Kier molecular flexibility index (Phi) is 2.18. The number of fused-ring (bicyclic) bond motifs is 1.